The lowest BCUT2D eigenvalue weighted by atomic mass is 10.1. The van der Waals surface area contributed by atoms with Gasteiger partial charge >= 0.3 is 6.36 Å². The standard InChI is InChI=1S/C23H27F3N2O4/c1-28(19-9-12-30-13-10-19)11-14-31-21-4-2-3-17(15-21)16-27-22(29)18-5-7-20(8-6-18)32-23(24,25)26/h2-8,15,19H,9-14,16H2,1H3,(H,27,29). The first-order valence-electron chi connectivity index (χ1n) is 10.4. The smallest absolute Gasteiger partial charge is 0.492 e. The van der Waals surface area contributed by atoms with E-state index >= 15 is 0 Å². The highest BCUT2D eigenvalue weighted by atomic mass is 19.4. The first-order valence-corrected chi connectivity index (χ1v) is 10.4. The molecular formula is C23H27F3N2O4. The molecule has 1 aliphatic heterocycles. The Hall–Kier alpha value is -2.78. The third kappa shape index (κ3) is 7.72. The molecule has 1 heterocycles. The van der Waals surface area contributed by atoms with E-state index < -0.39 is 12.3 Å². The summed E-state index contributed by atoms with van der Waals surface area (Å²) >= 11 is 0. The fraction of sp³-hybridized carbons (Fsp3) is 0.435. The molecule has 6 nitrogen and oxygen atoms in total. The Morgan fingerprint density at radius 2 is 1.84 bits per heavy atom. The molecule has 1 aliphatic rings. The number of halogens is 3. The molecular weight excluding hydrogens is 425 g/mol. The van der Waals surface area contributed by atoms with Crippen LogP contribution in [0.4, 0.5) is 13.2 Å². The molecule has 0 aliphatic carbocycles. The SMILES string of the molecule is CN(CCOc1cccc(CNC(=O)c2ccc(OC(F)(F)F)cc2)c1)C1CCOCC1. The Kier molecular flexibility index (Phi) is 8.35. The normalized spacial score (nSPS) is 14.9. The van der Waals surface area contributed by atoms with E-state index in [0.717, 1.165) is 50.3 Å². The van der Waals surface area contributed by atoms with Gasteiger partial charge in [-0.2, -0.15) is 0 Å². The topological polar surface area (TPSA) is 60.0 Å². The monoisotopic (exact) mass is 452 g/mol. The van der Waals surface area contributed by atoms with Crippen LogP contribution in [0.15, 0.2) is 48.5 Å². The average molecular weight is 452 g/mol. The Morgan fingerprint density at radius 3 is 2.53 bits per heavy atom. The number of likely N-dealkylation sites (N-methyl/N-ethyl adjacent to an activating group) is 1. The first-order chi connectivity index (χ1) is 15.3. The molecule has 0 bridgehead atoms. The molecule has 0 spiro atoms. The van der Waals surface area contributed by atoms with Gasteiger partial charge in [0.25, 0.3) is 5.91 Å². The van der Waals surface area contributed by atoms with Gasteiger partial charge in [-0.05, 0) is 61.9 Å². The highest BCUT2D eigenvalue weighted by Gasteiger charge is 2.31. The maximum atomic E-state index is 12.3. The molecule has 1 fully saturated rings. The van der Waals surface area contributed by atoms with Crippen molar-refractivity contribution < 1.29 is 32.2 Å². The van der Waals surface area contributed by atoms with Crippen molar-refractivity contribution in [1.29, 1.82) is 0 Å². The maximum Gasteiger partial charge on any atom is 0.573 e. The molecule has 3 rings (SSSR count). The van der Waals surface area contributed by atoms with E-state index in [4.69, 9.17) is 9.47 Å². The van der Waals surface area contributed by atoms with Gasteiger partial charge in [-0.25, -0.2) is 0 Å². The van der Waals surface area contributed by atoms with Gasteiger partial charge < -0.3 is 19.5 Å². The lowest BCUT2D eigenvalue weighted by Crippen LogP contribution is -2.38. The van der Waals surface area contributed by atoms with Crippen LogP contribution in [0.5, 0.6) is 11.5 Å². The number of nitrogens with one attached hydrogen (secondary N) is 1. The van der Waals surface area contributed by atoms with Crippen LogP contribution in [-0.2, 0) is 11.3 Å². The van der Waals surface area contributed by atoms with E-state index in [1.807, 2.05) is 24.3 Å². The number of nitrogens with zero attached hydrogens (tertiary/aromatic N) is 1. The van der Waals surface area contributed by atoms with Gasteiger partial charge in [0.05, 0.1) is 0 Å². The van der Waals surface area contributed by atoms with Gasteiger partial charge in [-0.15, -0.1) is 13.2 Å². The van der Waals surface area contributed by atoms with Crippen molar-refractivity contribution in [2.24, 2.45) is 0 Å². The zero-order valence-corrected chi connectivity index (χ0v) is 17.9. The number of amides is 1. The second-order valence-electron chi connectivity index (χ2n) is 7.57. The summed E-state index contributed by atoms with van der Waals surface area (Å²) in [5.74, 6) is -0.0555. The fourth-order valence-corrected chi connectivity index (χ4v) is 3.45. The minimum Gasteiger partial charge on any atom is -0.492 e. The largest absolute Gasteiger partial charge is 0.573 e. The van der Waals surface area contributed by atoms with E-state index in [0.29, 0.717) is 18.4 Å². The molecule has 0 radical (unpaired) electrons. The third-order valence-corrected chi connectivity index (χ3v) is 5.23. The van der Waals surface area contributed by atoms with Gasteiger partial charge in [0.2, 0.25) is 0 Å². The molecule has 1 amide bonds. The lowest BCUT2D eigenvalue weighted by molar-refractivity contribution is -0.274. The van der Waals surface area contributed by atoms with Gasteiger partial charge in [-0.1, -0.05) is 12.1 Å². The van der Waals surface area contributed by atoms with E-state index in [1.165, 1.54) is 12.1 Å². The predicted octanol–water partition coefficient (Wildman–Crippen LogP) is 4.00. The van der Waals surface area contributed by atoms with Crippen molar-refractivity contribution in [1.82, 2.24) is 10.2 Å². The molecule has 0 aromatic heterocycles. The van der Waals surface area contributed by atoms with E-state index in [-0.39, 0.29) is 17.9 Å². The summed E-state index contributed by atoms with van der Waals surface area (Å²) < 4.78 is 51.7. The number of hydrogen-bond acceptors (Lipinski definition) is 5. The van der Waals surface area contributed by atoms with Gasteiger partial charge in [0.1, 0.15) is 18.1 Å². The summed E-state index contributed by atoms with van der Waals surface area (Å²) in [7, 11) is 2.09. The van der Waals surface area contributed by atoms with Crippen LogP contribution in [0.1, 0.15) is 28.8 Å². The lowest BCUT2D eigenvalue weighted by Gasteiger charge is -2.31. The van der Waals surface area contributed by atoms with Gasteiger partial charge in [0.15, 0.2) is 0 Å². The second-order valence-corrected chi connectivity index (χ2v) is 7.57. The summed E-state index contributed by atoms with van der Waals surface area (Å²) in [6.07, 6.45) is -2.70. The van der Waals surface area contributed by atoms with Crippen molar-refractivity contribution >= 4 is 5.91 Å². The van der Waals surface area contributed by atoms with Crippen molar-refractivity contribution in [2.75, 3.05) is 33.4 Å². The number of carbonyl (C=O) groups is 1. The van der Waals surface area contributed by atoms with Gasteiger partial charge in [-0.3, -0.25) is 9.69 Å². The van der Waals surface area contributed by atoms with Crippen molar-refractivity contribution in [3.8, 4) is 11.5 Å². The van der Waals surface area contributed by atoms with Gasteiger partial charge in [0, 0.05) is 37.9 Å². The first kappa shape index (κ1) is 23.9. The summed E-state index contributed by atoms with van der Waals surface area (Å²) in [5.41, 5.74) is 1.09. The quantitative estimate of drug-likeness (QED) is 0.623. The highest BCUT2D eigenvalue weighted by Crippen LogP contribution is 2.23. The van der Waals surface area contributed by atoms with E-state index in [1.54, 1.807) is 0 Å². The molecule has 2 aromatic rings. The zero-order chi connectivity index (χ0) is 23.0. The number of rotatable bonds is 9. The maximum absolute atomic E-state index is 12.3. The molecule has 1 saturated heterocycles. The number of carbonyl (C=O) groups excluding carboxylic acids is 1. The molecule has 32 heavy (non-hydrogen) atoms. The van der Waals surface area contributed by atoms with E-state index in [2.05, 4.69) is 22.0 Å². The molecule has 0 atom stereocenters. The summed E-state index contributed by atoms with van der Waals surface area (Å²) in [6, 6.07) is 12.7. The Labute approximate surface area is 185 Å². The number of hydrogen-bond donors (Lipinski definition) is 1. The summed E-state index contributed by atoms with van der Waals surface area (Å²) in [6.45, 7) is 3.22. The molecule has 0 saturated carbocycles. The Balaban J connectivity index is 1.44. The predicted molar refractivity (Wildman–Crippen MR) is 113 cm³/mol. The number of alkyl halides is 3. The summed E-state index contributed by atoms with van der Waals surface area (Å²) in [4.78, 5) is 14.6. The average Bonchev–Trinajstić information content (AvgIpc) is 2.78. The van der Waals surface area contributed by atoms with Crippen LogP contribution in [-0.4, -0.2) is 56.6 Å². The number of ether oxygens (including phenoxy) is 3. The fourth-order valence-electron chi connectivity index (χ4n) is 3.45. The molecule has 9 heteroatoms. The van der Waals surface area contributed by atoms with Crippen molar-refractivity contribution in [3.05, 3.63) is 59.7 Å². The van der Waals surface area contributed by atoms with Crippen molar-refractivity contribution in [2.45, 2.75) is 31.8 Å². The van der Waals surface area contributed by atoms with Crippen LogP contribution >= 0.6 is 0 Å². The number of benzene rings is 2. The Morgan fingerprint density at radius 1 is 1.12 bits per heavy atom. The van der Waals surface area contributed by atoms with Crippen LogP contribution in [0.3, 0.4) is 0 Å². The minimum atomic E-state index is -4.77. The molecule has 2 aromatic carbocycles. The van der Waals surface area contributed by atoms with Crippen LogP contribution in [0.25, 0.3) is 0 Å². The molecule has 174 valence electrons. The van der Waals surface area contributed by atoms with Crippen LogP contribution in [0, 0.1) is 0 Å². The molecule has 1 N–H and O–H groups in total. The molecule has 0 unspecified atom stereocenters. The van der Waals surface area contributed by atoms with Crippen molar-refractivity contribution in [3.63, 3.8) is 0 Å². The van der Waals surface area contributed by atoms with Crippen LogP contribution < -0.4 is 14.8 Å². The van der Waals surface area contributed by atoms with Crippen LogP contribution in [0.2, 0.25) is 0 Å². The third-order valence-electron chi connectivity index (χ3n) is 5.23. The Bertz CT molecular complexity index is 868. The second kappa shape index (κ2) is 11.2. The van der Waals surface area contributed by atoms with E-state index in [9.17, 15) is 18.0 Å². The summed E-state index contributed by atoms with van der Waals surface area (Å²) in [5, 5.41) is 2.75. The zero-order valence-electron chi connectivity index (χ0n) is 17.9. The minimum absolute atomic E-state index is 0.239. The highest BCUT2D eigenvalue weighted by molar-refractivity contribution is 5.94.